The van der Waals surface area contributed by atoms with E-state index < -0.39 is 0 Å². The standard InChI is InChI=1S/C16H16BrN/c1-2-6-12-9-14-15(17)11-18(16(14)10-12)13-7-4-3-5-8-13/h3-5,7-9,11H,2,6,10H2,1H3. The molecule has 1 heterocycles. The Morgan fingerprint density at radius 3 is 2.72 bits per heavy atom. The minimum atomic E-state index is 1.09. The van der Waals surface area contributed by atoms with Crippen LogP contribution >= 0.6 is 15.9 Å². The first kappa shape index (κ1) is 11.8. The molecule has 0 radical (unpaired) electrons. The highest BCUT2D eigenvalue weighted by Crippen LogP contribution is 2.36. The summed E-state index contributed by atoms with van der Waals surface area (Å²) in [5, 5.41) is 0. The predicted molar refractivity (Wildman–Crippen MR) is 80.1 cm³/mol. The van der Waals surface area contributed by atoms with Crippen LogP contribution in [-0.2, 0) is 6.42 Å². The van der Waals surface area contributed by atoms with E-state index in [0.717, 1.165) is 6.42 Å². The molecule has 2 aromatic rings. The fraction of sp³-hybridized carbons (Fsp3) is 0.250. The van der Waals surface area contributed by atoms with Crippen LogP contribution in [0.25, 0.3) is 11.8 Å². The lowest BCUT2D eigenvalue weighted by atomic mass is 10.1. The van der Waals surface area contributed by atoms with Crippen molar-refractivity contribution in [2.75, 3.05) is 0 Å². The third-order valence-electron chi connectivity index (χ3n) is 3.45. The number of fused-ring (bicyclic) bond motifs is 1. The van der Waals surface area contributed by atoms with E-state index in [-0.39, 0.29) is 0 Å². The van der Waals surface area contributed by atoms with Gasteiger partial charge in [-0.25, -0.2) is 0 Å². The van der Waals surface area contributed by atoms with Gasteiger partial charge in [0.05, 0.1) is 0 Å². The van der Waals surface area contributed by atoms with Crippen LogP contribution in [0.15, 0.2) is 46.6 Å². The van der Waals surface area contributed by atoms with Crippen LogP contribution in [0.5, 0.6) is 0 Å². The van der Waals surface area contributed by atoms with E-state index in [2.05, 4.69) is 70.0 Å². The molecule has 0 saturated carbocycles. The van der Waals surface area contributed by atoms with Crippen LogP contribution in [-0.4, -0.2) is 4.57 Å². The third-order valence-corrected chi connectivity index (χ3v) is 4.08. The highest BCUT2D eigenvalue weighted by Gasteiger charge is 2.20. The summed E-state index contributed by atoms with van der Waals surface area (Å²) in [7, 11) is 0. The van der Waals surface area contributed by atoms with Gasteiger partial charge in [0.25, 0.3) is 0 Å². The first-order chi connectivity index (χ1) is 8.79. The van der Waals surface area contributed by atoms with Crippen LogP contribution in [0.2, 0.25) is 0 Å². The minimum absolute atomic E-state index is 1.09. The monoisotopic (exact) mass is 301 g/mol. The normalized spacial score (nSPS) is 13.6. The molecule has 1 aliphatic carbocycles. The van der Waals surface area contributed by atoms with Gasteiger partial charge >= 0.3 is 0 Å². The van der Waals surface area contributed by atoms with E-state index in [0.29, 0.717) is 0 Å². The molecule has 0 unspecified atom stereocenters. The SMILES string of the molecule is CCCC1=Cc2c(Br)cn(-c3ccccc3)c2C1. The van der Waals surface area contributed by atoms with E-state index in [1.807, 2.05) is 0 Å². The Bertz CT molecular complexity index is 593. The van der Waals surface area contributed by atoms with Crippen molar-refractivity contribution < 1.29 is 0 Å². The van der Waals surface area contributed by atoms with Crippen molar-refractivity contribution in [3.05, 3.63) is 57.8 Å². The second-order valence-electron chi connectivity index (χ2n) is 4.77. The molecule has 1 aromatic heterocycles. The molecule has 0 spiro atoms. The largest absolute Gasteiger partial charge is 0.319 e. The van der Waals surface area contributed by atoms with Gasteiger partial charge in [0, 0.05) is 34.0 Å². The molecule has 0 amide bonds. The lowest BCUT2D eigenvalue weighted by molar-refractivity contribution is 0.860. The maximum atomic E-state index is 3.68. The molecule has 0 saturated heterocycles. The molecule has 1 nitrogen and oxygen atoms in total. The van der Waals surface area contributed by atoms with Gasteiger partial charge in [-0.1, -0.05) is 43.2 Å². The molecule has 0 atom stereocenters. The summed E-state index contributed by atoms with van der Waals surface area (Å²) in [5.74, 6) is 0. The van der Waals surface area contributed by atoms with Gasteiger partial charge in [0.2, 0.25) is 0 Å². The molecule has 2 heteroatoms. The maximum absolute atomic E-state index is 3.68. The first-order valence-electron chi connectivity index (χ1n) is 6.44. The molecule has 0 N–H and O–H groups in total. The average molecular weight is 302 g/mol. The summed E-state index contributed by atoms with van der Waals surface area (Å²) in [6.45, 7) is 2.24. The van der Waals surface area contributed by atoms with Gasteiger partial charge in [-0.05, 0) is 34.5 Å². The van der Waals surface area contributed by atoms with Crippen molar-refractivity contribution in [2.45, 2.75) is 26.2 Å². The number of hydrogen-bond acceptors (Lipinski definition) is 0. The Labute approximate surface area is 116 Å². The van der Waals surface area contributed by atoms with Crippen molar-refractivity contribution in [1.82, 2.24) is 4.57 Å². The summed E-state index contributed by atoms with van der Waals surface area (Å²) < 4.78 is 3.51. The van der Waals surface area contributed by atoms with Gasteiger partial charge in [-0.3, -0.25) is 0 Å². The molecular weight excluding hydrogens is 286 g/mol. The fourth-order valence-corrected chi connectivity index (χ4v) is 3.18. The molecule has 1 aliphatic rings. The van der Waals surface area contributed by atoms with Gasteiger partial charge in [-0.2, -0.15) is 0 Å². The molecular formula is C16H16BrN. The topological polar surface area (TPSA) is 4.93 Å². The highest BCUT2D eigenvalue weighted by molar-refractivity contribution is 9.10. The quantitative estimate of drug-likeness (QED) is 0.753. The zero-order chi connectivity index (χ0) is 12.5. The average Bonchev–Trinajstić information content (AvgIpc) is 2.92. The van der Waals surface area contributed by atoms with Gasteiger partial charge in [0.15, 0.2) is 0 Å². The number of halogens is 1. The Morgan fingerprint density at radius 2 is 2.00 bits per heavy atom. The Kier molecular flexibility index (Phi) is 3.13. The molecule has 3 rings (SSSR count). The Balaban J connectivity index is 2.02. The van der Waals surface area contributed by atoms with Crippen molar-refractivity contribution in [2.24, 2.45) is 0 Å². The molecule has 18 heavy (non-hydrogen) atoms. The van der Waals surface area contributed by atoms with Gasteiger partial charge in [0.1, 0.15) is 0 Å². The minimum Gasteiger partial charge on any atom is -0.319 e. The van der Waals surface area contributed by atoms with Crippen LogP contribution in [0.3, 0.4) is 0 Å². The molecule has 0 aliphatic heterocycles. The summed E-state index contributed by atoms with van der Waals surface area (Å²) in [4.78, 5) is 0. The Morgan fingerprint density at radius 1 is 1.22 bits per heavy atom. The summed E-state index contributed by atoms with van der Waals surface area (Å²) in [6.07, 6.45) is 8.04. The predicted octanol–water partition coefficient (Wildman–Crippen LogP) is 4.98. The Hall–Kier alpha value is -1.28. The number of benzene rings is 1. The third kappa shape index (κ3) is 1.95. The molecule has 92 valence electrons. The van der Waals surface area contributed by atoms with E-state index >= 15 is 0 Å². The van der Waals surface area contributed by atoms with Crippen molar-refractivity contribution in [1.29, 1.82) is 0 Å². The van der Waals surface area contributed by atoms with Crippen LogP contribution < -0.4 is 0 Å². The van der Waals surface area contributed by atoms with Crippen LogP contribution in [0, 0.1) is 0 Å². The number of hydrogen-bond donors (Lipinski definition) is 0. The molecule has 1 aromatic carbocycles. The van der Waals surface area contributed by atoms with Crippen LogP contribution in [0.4, 0.5) is 0 Å². The van der Waals surface area contributed by atoms with E-state index in [1.54, 1.807) is 5.57 Å². The smallest absolute Gasteiger partial charge is 0.0453 e. The molecule has 0 fully saturated rings. The second kappa shape index (κ2) is 4.77. The zero-order valence-electron chi connectivity index (χ0n) is 10.5. The number of nitrogens with zero attached hydrogens (tertiary/aromatic N) is 1. The van der Waals surface area contributed by atoms with Crippen molar-refractivity contribution in [3.8, 4) is 5.69 Å². The van der Waals surface area contributed by atoms with Gasteiger partial charge in [-0.15, -0.1) is 0 Å². The lowest BCUT2D eigenvalue weighted by Gasteiger charge is -2.08. The lowest BCUT2D eigenvalue weighted by Crippen LogP contribution is -1.98. The maximum Gasteiger partial charge on any atom is 0.0453 e. The van der Waals surface area contributed by atoms with E-state index in [4.69, 9.17) is 0 Å². The van der Waals surface area contributed by atoms with Crippen molar-refractivity contribution >= 4 is 22.0 Å². The fourth-order valence-electron chi connectivity index (χ4n) is 2.63. The number of rotatable bonds is 3. The highest BCUT2D eigenvalue weighted by atomic mass is 79.9. The van der Waals surface area contributed by atoms with Gasteiger partial charge < -0.3 is 4.57 Å². The zero-order valence-corrected chi connectivity index (χ0v) is 12.1. The summed E-state index contributed by atoms with van der Waals surface area (Å²) in [5.41, 5.74) is 5.57. The van der Waals surface area contributed by atoms with E-state index in [9.17, 15) is 0 Å². The number of allylic oxidation sites excluding steroid dienone is 1. The van der Waals surface area contributed by atoms with Crippen molar-refractivity contribution in [3.63, 3.8) is 0 Å². The number of aromatic nitrogens is 1. The van der Waals surface area contributed by atoms with Crippen LogP contribution in [0.1, 0.15) is 31.0 Å². The summed E-state index contributed by atoms with van der Waals surface area (Å²) in [6, 6.07) is 10.5. The first-order valence-corrected chi connectivity index (χ1v) is 7.23. The second-order valence-corrected chi connectivity index (χ2v) is 5.63. The van der Waals surface area contributed by atoms with E-state index in [1.165, 1.54) is 34.3 Å². The summed E-state index contributed by atoms with van der Waals surface area (Å²) >= 11 is 3.68. The molecule has 0 bridgehead atoms. The number of para-hydroxylation sites is 1.